The summed E-state index contributed by atoms with van der Waals surface area (Å²) in [6.07, 6.45) is 0. The number of nitrogens with one attached hydrogen (secondary N) is 2. The first kappa shape index (κ1) is 13.2. The van der Waals surface area contributed by atoms with Crippen LogP contribution in [0.3, 0.4) is 0 Å². The molecule has 100 valence electrons. The maximum Gasteiger partial charge on any atom is 0.253 e. The second-order valence-electron chi connectivity index (χ2n) is 3.86. The lowest BCUT2D eigenvalue weighted by Crippen LogP contribution is -2.48. The Hall–Kier alpha value is -1.19. The monoisotopic (exact) mass is 272 g/mol. The van der Waals surface area contributed by atoms with Crippen molar-refractivity contribution >= 4 is 15.7 Å². The summed E-state index contributed by atoms with van der Waals surface area (Å²) in [5.74, 6) is 5.22. The summed E-state index contributed by atoms with van der Waals surface area (Å²) in [6, 6.07) is 6.21. The second-order valence-corrected chi connectivity index (χ2v) is 5.52. The third kappa shape index (κ3) is 3.18. The Morgan fingerprint density at radius 2 is 1.78 bits per heavy atom. The molecule has 1 aromatic carbocycles. The van der Waals surface area contributed by atoms with Gasteiger partial charge in [-0.1, -0.05) is 0 Å². The van der Waals surface area contributed by atoms with E-state index in [1.807, 2.05) is 0 Å². The summed E-state index contributed by atoms with van der Waals surface area (Å²) in [6.45, 7) is 2.14. The number of rotatable bonds is 4. The summed E-state index contributed by atoms with van der Waals surface area (Å²) in [5, 5.41) is 1.63. The molecule has 0 atom stereocenters. The quantitative estimate of drug-likeness (QED) is 0.505. The van der Waals surface area contributed by atoms with E-state index in [0.29, 0.717) is 32.0 Å². The van der Waals surface area contributed by atoms with Gasteiger partial charge in [-0.3, -0.25) is 5.84 Å². The fraction of sp³-hybridized carbons (Fsp3) is 0.400. The van der Waals surface area contributed by atoms with E-state index in [1.165, 1.54) is 12.1 Å². The lowest BCUT2D eigenvalue weighted by molar-refractivity contribution is 0.0272. The minimum Gasteiger partial charge on any atom is -0.379 e. The molecule has 4 N–H and O–H groups in total. The van der Waals surface area contributed by atoms with Crippen LogP contribution < -0.4 is 16.1 Å². The fourth-order valence-corrected chi connectivity index (χ4v) is 2.73. The highest BCUT2D eigenvalue weighted by Crippen LogP contribution is 2.13. The normalized spacial score (nSPS) is 17.6. The minimum absolute atomic E-state index is 0.202. The zero-order chi connectivity index (χ0) is 13.0. The van der Waals surface area contributed by atoms with E-state index in [4.69, 9.17) is 10.6 Å². The number of sulfonamides is 1. The lowest BCUT2D eigenvalue weighted by atomic mass is 10.3. The van der Waals surface area contributed by atoms with E-state index in [0.717, 1.165) is 0 Å². The Labute approximate surface area is 106 Å². The van der Waals surface area contributed by atoms with Gasteiger partial charge in [0.05, 0.1) is 18.1 Å². The highest BCUT2D eigenvalue weighted by molar-refractivity contribution is 7.89. The first-order valence-corrected chi connectivity index (χ1v) is 7.02. The molecule has 18 heavy (non-hydrogen) atoms. The molecule has 0 saturated carbocycles. The molecule has 0 unspecified atom stereocenters. The van der Waals surface area contributed by atoms with Crippen LogP contribution in [0.25, 0.3) is 0 Å². The SMILES string of the molecule is NNc1ccc(S(=O)(=O)NN2CCOCC2)cc1. The van der Waals surface area contributed by atoms with Crippen LogP contribution in [0.1, 0.15) is 0 Å². The van der Waals surface area contributed by atoms with Crippen molar-refractivity contribution in [2.75, 3.05) is 31.7 Å². The van der Waals surface area contributed by atoms with Gasteiger partial charge in [-0.2, -0.15) is 0 Å². The van der Waals surface area contributed by atoms with E-state index >= 15 is 0 Å². The van der Waals surface area contributed by atoms with E-state index in [-0.39, 0.29) is 4.90 Å². The van der Waals surface area contributed by atoms with Crippen molar-refractivity contribution in [3.05, 3.63) is 24.3 Å². The van der Waals surface area contributed by atoms with Gasteiger partial charge in [-0.05, 0) is 24.3 Å². The topological polar surface area (TPSA) is 96.7 Å². The number of benzene rings is 1. The number of morpholine rings is 1. The van der Waals surface area contributed by atoms with Gasteiger partial charge >= 0.3 is 0 Å². The van der Waals surface area contributed by atoms with Gasteiger partial charge < -0.3 is 10.2 Å². The average molecular weight is 272 g/mol. The van der Waals surface area contributed by atoms with E-state index in [1.54, 1.807) is 17.1 Å². The molecule has 1 aliphatic heterocycles. The van der Waals surface area contributed by atoms with Crippen LogP contribution in [0, 0.1) is 0 Å². The maximum atomic E-state index is 12.1. The van der Waals surface area contributed by atoms with Gasteiger partial charge in [0, 0.05) is 18.8 Å². The summed E-state index contributed by atoms with van der Waals surface area (Å²) in [5.41, 5.74) is 3.10. The highest BCUT2D eigenvalue weighted by Gasteiger charge is 2.19. The van der Waals surface area contributed by atoms with Crippen LogP contribution in [0.5, 0.6) is 0 Å². The van der Waals surface area contributed by atoms with Gasteiger partial charge in [0.25, 0.3) is 10.0 Å². The number of hydrogen-bond acceptors (Lipinski definition) is 6. The van der Waals surface area contributed by atoms with Gasteiger partial charge in [0.2, 0.25) is 0 Å². The summed E-state index contributed by atoms with van der Waals surface area (Å²) >= 11 is 0. The molecule has 2 rings (SSSR count). The van der Waals surface area contributed by atoms with Gasteiger partial charge in [-0.15, -0.1) is 4.83 Å². The van der Waals surface area contributed by atoms with Crippen molar-refractivity contribution in [3.8, 4) is 0 Å². The molecular weight excluding hydrogens is 256 g/mol. The largest absolute Gasteiger partial charge is 0.379 e. The standard InChI is InChI=1S/C10H16N4O3S/c11-12-9-1-3-10(4-2-9)18(15,16)13-14-5-7-17-8-6-14/h1-4,12-13H,5-8,11H2. The molecule has 1 heterocycles. The van der Waals surface area contributed by atoms with Crippen molar-refractivity contribution in [3.63, 3.8) is 0 Å². The van der Waals surface area contributed by atoms with Crippen LogP contribution in [0.4, 0.5) is 5.69 Å². The van der Waals surface area contributed by atoms with Gasteiger partial charge in [-0.25, -0.2) is 13.4 Å². The molecule has 0 aliphatic carbocycles. The van der Waals surface area contributed by atoms with Crippen molar-refractivity contribution in [2.45, 2.75) is 4.90 Å². The molecular formula is C10H16N4O3S. The zero-order valence-electron chi connectivity index (χ0n) is 9.80. The van der Waals surface area contributed by atoms with Crippen LogP contribution in [-0.2, 0) is 14.8 Å². The van der Waals surface area contributed by atoms with Crippen LogP contribution >= 0.6 is 0 Å². The third-order valence-corrected chi connectivity index (χ3v) is 3.98. The van der Waals surface area contributed by atoms with Gasteiger partial charge in [0.1, 0.15) is 0 Å². The first-order valence-electron chi connectivity index (χ1n) is 5.54. The molecule has 0 aromatic heterocycles. The van der Waals surface area contributed by atoms with Gasteiger partial charge in [0.15, 0.2) is 0 Å². The minimum atomic E-state index is -3.53. The number of anilines is 1. The smallest absolute Gasteiger partial charge is 0.253 e. The predicted octanol–water partition coefficient (Wildman–Crippen LogP) is -0.502. The first-order chi connectivity index (χ1) is 8.62. The Morgan fingerprint density at radius 1 is 1.17 bits per heavy atom. The summed E-state index contributed by atoms with van der Waals surface area (Å²) in [7, 11) is -3.53. The number of nitrogens with two attached hydrogens (primary N) is 1. The number of hydrazine groups is 2. The number of ether oxygens (including phenoxy) is 1. The van der Waals surface area contributed by atoms with E-state index < -0.39 is 10.0 Å². The molecule has 0 bridgehead atoms. The molecule has 1 fully saturated rings. The lowest BCUT2D eigenvalue weighted by Gasteiger charge is -2.26. The number of hydrogen-bond donors (Lipinski definition) is 3. The molecule has 0 radical (unpaired) electrons. The van der Waals surface area contributed by atoms with Crippen molar-refractivity contribution in [1.82, 2.24) is 9.84 Å². The van der Waals surface area contributed by atoms with E-state index in [2.05, 4.69) is 10.3 Å². The van der Waals surface area contributed by atoms with E-state index in [9.17, 15) is 8.42 Å². The van der Waals surface area contributed by atoms with Crippen molar-refractivity contribution < 1.29 is 13.2 Å². The Kier molecular flexibility index (Phi) is 4.15. The average Bonchev–Trinajstić information content (AvgIpc) is 2.39. The Balaban J connectivity index is 2.08. The molecule has 1 aromatic rings. The number of nitrogens with zero attached hydrogens (tertiary/aromatic N) is 1. The van der Waals surface area contributed by atoms with Crippen LogP contribution in [0.15, 0.2) is 29.2 Å². The predicted molar refractivity (Wildman–Crippen MR) is 67.0 cm³/mol. The van der Waals surface area contributed by atoms with Crippen molar-refractivity contribution in [1.29, 1.82) is 0 Å². The summed E-state index contributed by atoms with van der Waals surface area (Å²) < 4.78 is 29.3. The van der Waals surface area contributed by atoms with Crippen LogP contribution in [-0.4, -0.2) is 39.7 Å². The molecule has 1 aliphatic rings. The fourth-order valence-electron chi connectivity index (χ4n) is 1.61. The molecule has 8 heteroatoms. The highest BCUT2D eigenvalue weighted by atomic mass is 32.2. The molecule has 0 spiro atoms. The third-order valence-electron chi connectivity index (χ3n) is 2.59. The zero-order valence-corrected chi connectivity index (χ0v) is 10.6. The Morgan fingerprint density at radius 3 is 2.33 bits per heavy atom. The molecule has 1 saturated heterocycles. The summed E-state index contributed by atoms with van der Waals surface area (Å²) in [4.78, 5) is 2.72. The Bertz CT molecular complexity index is 482. The number of nitrogen functional groups attached to an aromatic ring is 1. The second kappa shape index (κ2) is 5.63. The molecule has 0 amide bonds. The maximum absolute atomic E-state index is 12.1. The van der Waals surface area contributed by atoms with Crippen molar-refractivity contribution in [2.24, 2.45) is 5.84 Å². The van der Waals surface area contributed by atoms with Crippen LogP contribution in [0.2, 0.25) is 0 Å². The molecule has 7 nitrogen and oxygen atoms in total.